The third-order valence-corrected chi connectivity index (χ3v) is 6.08. The van der Waals surface area contributed by atoms with Crippen molar-refractivity contribution < 1.29 is 14.3 Å². The fourth-order valence-electron chi connectivity index (χ4n) is 4.30. The van der Waals surface area contributed by atoms with Gasteiger partial charge in [-0.3, -0.25) is 4.90 Å². The number of likely N-dealkylation sites (tertiary alicyclic amines) is 1. The van der Waals surface area contributed by atoms with Gasteiger partial charge in [-0.05, 0) is 31.0 Å². The van der Waals surface area contributed by atoms with Crippen LogP contribution in [-0.4, -0.2) is 86.2 Å². The summed E-state index contributed by atoms with van der Waals surface area (Å²) >= 11 is 0. The van der Waals surface area contributed by atoms with Gasteiger partial charge in [0.05, 0.1) is 18.4 Å². The maximum absolute atomic E-state index is 12.9. The van der Waals surface area contributed by atoms with Crippen molar-refractivity contribution in [1.82, 2.24) is 14.7 Å². The minimum absolute atomic E-state index is 0.0856. The summed E-state index contributed by atoms with van der Waals surface area (Å²) in [6, 6.07) is 11.4. The third kappa shape index (κ3) is 4.06. The molecular weight excluding hydrogens is 368 g/mol. The second-order valence-corrected chi connectivity index (χ2v) is 7.86. The molecule has 2 saturated heterocycles. The zero-order valence-corrected chi connectivity index (χ0v) is 17.1. The molecule has 7 heteroatoms. The van der Waals surface area contributed by atoms with E-state index in [9.17, 15) is 9.59 Å². The molecule has 154 valence electrons. The lowest BCUT2D eigenvalue weighted by Crippen LogP contribution is -2.50. The Kier molecular flexibility index (Phi) is 5.69. The number of hydrogen-bond donors (Lipinski definition) is 1. The summed E-state index contributed by atoms with van der Waals surface area (Å²) in [5.74, 6) is -0.381. The maximum atomic E-state index is 12.9. The Hall–Kier alpha value is -2.64. The second-order valence-electron chi connectivity index (χ2n) is 7.86. The second kappa shape index (κ2) is 8.39. The van der Waals surface area contributed by atoms with Gasteiger partial charge in [0, 0.05) is 50.7 Å². The van der Waals surface area contributed by atoms with Crippen LogP contribution in [0.1, 0.15) is 16.8 Å². The SMILES string of the molecule is COC(=O)c1ccc(NC(=O)N2CCC(N3CCN(C)CC3)C2)c2ccccc12. The quantitative estimate of drug-likeness (QED) is 0.808. The molecule has 2 aliphatic heterocycles. The van der Waals surface area contributed by atoms with Crippen molar-refractivity contribution in [3.63, 3.8) is 0 Å². The van der Waals surface area contributed by atoms with Crippen molar-refractivity contribution in [2.45, 2.75) is 12.5 Å². The summed E-state index contributed by atoms with van der Waals surface area (Å²) in [6.45, 7) is 5.82. The molecule has 0 radical (unpaired) electrons. The van der Waals surface area contributed by atoms with Crippen molar-refractivity contribution in [1.29, 1.82) is 0 Å². The van der Waals surface area contributed by atoms with Crippen molar-refractivity contribution in [3.05, 3.63) is 42.0 Å². The van der Waals surface area contributed by atoms with Gasteiger partial charge in [0.15, 0.2) is 0 Å². The molecule has 0 saturated carbocycles. The first-order valence-electron chi connectivity index (χ1n) is 10.2. The number of piperazine rings is 1. The van der Waals surface area contributed by atoms with Crippen molar-refractivity contribution in [2.75, 3.05) is 58.7 Å². The van der Waals surface area contributed by atoms with Crippen molar-refractivity contribution in [3.8, 4) is 0 Å². The maximum Gasteiger partial charge on any atom is 0.338 e. The van der Waals surface area contributed by atoms with Gasteiger partial charge in [-0.2, -0.15) is 0 Å². The number of anilines is 1. The van der Waals surface area contributed by atoms with Crippen LogP contribution >= 0.6 is 0 Å². The topological polar surface area (TPSA) is 65.1 Å². The average molecular weight is 396 g/mol. The molecule has 2 aromatic carbocycles. The number of esters is 1. The molecule has 0 aliphatic carbocycles. The number of likely N-dealkylation sites (N-methyl/N-ethyl adjacent to an activating group) is 1. The molecule has 2 heterocycles. The zero-order valence-electron chi connectivity index (χ0n) is 17.1. The fourth-order valence-corrected chi connectivity index (χ4v) is 4.30. The largest absolute Gasteiger partial charge is 0.465 e. The summed E-state index contributed by atoms with van der Waals surface area (Å²) in [5, 5.41) is 4.65. The number of carbonyl (C=O) groups excluding carboxylic acids is 2. The van der Waals surface area contributed by atoms with Gasteiger partial charge in [0.1, 0.15) is 0 Å². The molecule has 2 amide bonds. The van der Waals surface area contributed by atoms with Crippen molar-refractivity contribution >= 4 is 28.5 Å². The van der Waals surface area contributed by atoms with E-state index >= 15 is 0 Å². The Bertz CT molecular complexity index is 908. The number of ether oxygens (including phenoxy) is 1. The van der Waals surface area contributed by atoms with E-state index in [1.54, 1.807) is 12.1 Å². The Labute approximate surface area is 171 Å². The van der Waals surface area contributed by atoms with Crippen LogP contribution < -0.4 is 5.32 Å². The lowest BCUT2D eigenvalue weighted by Gasteiger charge is -2.36. The van der Waals surface area contributed by atoms with E-state index in [4.69, 9.17) is 4.74 Å². The molecule has 1 atom stereocenters. The summed E-state index contributed by atoms with van der Waals surface area (Å²) in [4.78, 5) is 31.7. The van der Waals surface area contributed by atoms with Gasteiger partial charge >= 0.3 is 12.0 Å². The molecule has 4 rings (SSSR count). The van der Waals surface area contributed by atoms with Crippen LogP contribution in [0.2, 0.25) is 0 Å². The minimum atomic E-state index is -0.381. The average Bonchev–Trinajstić information content (AvgIpc) is 3.24. The summed E-state index contributed by atoms with van der Waals surface area (Å²) < 4.78 is 4.88. The first-order valence-corrected chi connectivity index (χ1v) is 10.2. The van der Waals surface area contributed by atoms with Crippen molar-refractivity contribution in [2.24, 2.45) is 0 Å². The van der Waals surface area contributed by atoms with E-state index in [-0.39, 0.29) is 12.0 Å². The predicted octanol–water partition coefficient (Wildman–Crippen LogP) is 2.48. The molecule has 29 heavy (non-hydrogen) atoms. The molecule has 0 bridgehead atoms. The molecule has 1 N–H and O–H groups in total. The van der Waals surface area contributed by atoms with E-state index in [1.807, 2.05) is 29.2 Å². The number of urea groups is 1. The van der Waals surface area contributed by atoms with E-state index in [0.717, 1.165) is 56.5 Å². The molecule has 0 aromatic heterocycles. The minimum Gasteiger partial charge on any atom is -0.465 e. The molecule has 2 aromatic rings. The van der Waals surface area contributed by atoms with Crippen LogP contribution in [-0.2, 0) is 4.74 Å². The summed E-state index contributed by atoms with van der Waals surface area (Å²) in [6.07, 6.45) is 1.01. The lowest BCUT2D eigenvalue weighted by molar-refractivity contribution is 0.0603. The Morgan fingerprint density at radius 3 is 2.45 bits per heavy atom. The highest BCUT2D eigenvalue weighted by atomic mass is 16.5. The molecule has 2 aliphatic rings. The van der Waals surface area contributed by atoms with Crippen LogP contribution in [0.3, 0.4) is 0 Å². The third-order valence-electron chi connectivity index (χ3n) is 6.08. The number of benzene rings is 2. The summed E-state index contributed by atoms with van der Waals surface area (Å²) in [5.41, 5.74) is 1.21. The first kappa shape index (κ1) is 19.7. The smallest absolute Gasteiger partial charge is 0.338 e. The highest BCUT2D eigenvalue weighted by Crippen LogP contribution is 2.28. The normalized spacial score (nSPS) is 20.8. The number of fused-ring (bicyclic) bond motifs is 1. The number of hydrogen-bond acceptors (Lipinski definition) is 5. The van der Waals surface area contributed by atoms with E-state index in [1.165, 1.54) is 7.11 Å². The molecular formula is C22H28N4O3. The first-order chi connectivity index (χ1) is 14.1. The number of methoxy groups -OCH3 is 1. The molecule has 1 unspecified atom stereocenters. The number of carbonyl (C=O) groups is 2. The van der Waals surface area contributed by atoms with Gasteiger partial charge in [-0.25, -0.2) is 9.59 Å². The molecule has 0 spiro atoms. The molecule has 7 nitrogen and oxygen atoms in total. The van der Waals surface area contributed by atoms with E-state index in [0.29, 0.717) is 17.3 Å². The van der Waals surface area contributed by atoms with E-state index < -0.39 is 0 Å². The number of rotatable bonds is 3. The fraction of sp³-hybridized carbons (Fsp3) is 0.455. The monoisotopic (exact) mass is 396 g/mol. The zero-order chi connectivity index (χ0) is 20.4. The number of nitrogens with zero attached hydrogens (tertiary/aromatic N) is 3. The van der Waals surface area contributed by atoms with Gasteiger partial charge in [0.2, 0.25) is 0 Å². The molecule has 2 fully saturated rings. The highest BCUT2D eigenvalue weighted by molar-refractivity contribution is 6.10. The van der Waals surface area contributed by atoms with Crippen LogP contribution in [0.5, 0.6) is 0 Å². The highest BCUT2D eigenvalue weighted by Gasteiger charge is 2.31. The van der Waals surface area contributed by atoms with Gasteiger partial charge in [-0.1, -0.05) is 24.3 Å². The Morgan fingerprint density at radius 2 is 1.72 bits per heavy atom. The lowest BCUT2D eigenvalue weighted by atomic mass is 10.0. The predicted molar refractivity (Wildman–Crippen MR) is 113 cm³/mol. The van der Waals surface area contributed by atoms with Gasteiger partial charge in [0.25, 0.3) is 0 Å². The van der Waals surface area contributed by atoms with Crippen LogP contribution in [0.25, 0.3) is 10.8 Å². The van der Waals surface area contributed by atoms with Gasteiger partial charge < -0.3 is 19.9 Å². The number of amides is 2. The Balaban J connectivity index is 1.46. The Morgan fingerprint density at radius 1 is 1.00 bits per heavy atom. The van der Waals surface area contributed by atoms with Crippen LogP contribution in [0, 0.1) is 0 Å². The van der Waals surface area contributed by atoms with E-state index in [2.05, 4.69) is 22.2 Å². The standard InChI is InChI=1S/C22H28N4O3/c1-24-11-13-25(14-12-24)16-9-10-26(15-16)22(28)23-20-8-7-19(21(27)29-2)17-5-3-4-6-18(17)20/h3-8,16H,9-15H2,1-2H3,(H,23,28). The van der Waals surface area contributed by atoms with Crippen LogP contribution in [0.4, 0.5) is 10.5 Å². The van der Waals surface area contributed by atoms with Gasteiger partial charge in [-0.15, -0.1) is 0 Å². The summed E-state index contributed by atoms with van der Waals surface area (Å²) in [7, 11) is 3.53. The van der Waals surface area contributed by atoms with Crippen LogP contribution in [0.15, 0.2) is 36.4 Å². The number of nitrogens with one attached hydrogen (secondary N) is 1.